The Hall–Kier alpha value is -1.47. The van der Waals surface area contributed by atoms with Gasteiger partial charge >= 0.3 is 17.9 Å². The van der Waals surface area contributed by atoms with Crippen molar-refractivity contribution in [1.29, 1.82) is 0 Å². The minimum absolute atomic E-state index is 0.0825. The third-order valence-corrected chi connectivity index (χ3v) is 2.22. The smallest absolute Gasteiger partial charge is 0.330 e. The van der Waals surface area contributed by atoms with Crippen LogP contribution in [-0.2, 0) is 19.1 Å². The molecule has 0 saturated carbocycles. The van der Waals surface area contributed by atoms with Crippen molar-refractivity contribution >= 4 is 17.9 Å². The van der Waals surface area contributed by atoms with Gasteiger partial charge in [-0.25, -0.2) is 4.79 Å². The topological polar surface area (TPSA) is 133 Å². The zero-order valence-corrected chi connectivity index (χ0v) is 10.6. The minimum atomic E-state index is -1.20. The standard InChI is InChI=1S/C11H20N2O5/c1-6(2)5-8(13)11(17)18-9(14)4-3-7(12)10(15)16/h6-8H,3-5,12-13H2,1-2H3,(H,15,16)/t7-,8-/m0/s1. The van der Waals surface area contributed by atoms with Crippen LogP contribution in [0.4, 0.5) is 0 Å². The molecule has 2 atom stereocenters. The molecule has 0 aliphatic rings. The van der Waals surface area contributed by atoms with Crippen molar-refractivity contribution in [3.63, 3.8) is 0 Å². The second-order valence-corrected chi connectivity index (χ2v) is 4.51. The number of carbonyl (C=O) groups excluding carboxylic acids is 2. The molecule has 0 rings (SSSR count). The van der Waals surface area contributed by atoms with E-state index in [2.05, 4.69) is 4.74 Å². The first-order valence-corrected chi connectivity index (χ1v) is 5.72. The van der Waals surface area contributed by atoms with Crippen LogP contribution in [0.2, 0.25) is 0 Å². The third-order valence-electron chi connectivity index (χ3n) is 2.22. The molecule has 0 radical (unpaired) electrons. The first-order valence-electron chi connectivity index (χ1n) is 5.72. The lowest BCUT2D eigenvalue weighted by Gasteiger charge is -2.12. The maximum absolute atomic E-state index is 11.4. The van der Waals surface area contributed by atoms with E-state index < -0.39 is 30.0 Å². The van der Waals surface area contributed by atoms with Crippen LogP contribution in [-0.4, -0.2) is 35.1 Å². The van der Waals surface area contributed by atoms with Crippen molar-refractivity contribution in [2.45, 2.75) is 45.2 Å². The Bertz CT molecular complexity index is 317. The summed E-state index contributed by atoms with van der Waals surface area (Å²) < 4.78 is 4.49. The van der Waals surface area contributed by atoms with Crippen LogP contribution in [0.3, 0.4) is 0 Å². The van der Waals surface area contributed by atoms with Crippen LogP contribution in [0.5, 0.6) is 0 Å². The predicted molar refractivity (Wildman–Crippen MR) is 63.4 cm³/mol. The third kappa shape index (κ3) is 6.97. The molecule has 5 N–H and O–H groups in total. The Balaban J connectivity index is 4.01. The van der Waals surface area contributed by atoms with E-state index >= 15 is 0 Å². The Labute approximate surface area is 105 Å². The average Bonchev–Trinajstić information content (AvgIpc) is 2.24. The number of esters is 2. The van der Waals surface area contributed by atoms with E-state index in [-0.39, 0.29) is 18.8 Å². The first kappa shape index (κ1) is 16.5. The fraction of sp³-hybridized carbons (Fsp3) is 0.727. The lowest BCUT2D eigenvalue weighted by molar-refractivity contribution is -0.161. The number of hydrogen-bond acceptors (Lipinski definition) is 6. The number of nitrogens with two attached hydrogens (primary N) is 2. The quantitative estimate of drug-likeness (QED) is 0.419. The van der Waals surface area contributed by atoms with Gasteiger partial charge in [0, 0.05) is 6.42 Å². The maximum Gasteiger partial charge on any atom is 0.330 e. The van der Waals surface area contributed by atoms with Crippen molar-refractivity contribution in [2.24, 2.45) is 17.4 Å². The molecule has 104 valence electrons. The van der Waals surface area contributed by atoms with Gasteiger partial charge in [-0.05, 0) is 18.8 Å². The van der Waals surface area contributed by atoms with Crippen LogP contribution >= 0.6 is 0 Å². The zero-order chi connectivity index (χ0) is 14.3. The van der Waals surface area contributed by atoms with E-state index in [1.165, 1.54) is 0 Å². The Morgan fingerprint density at radius 2 is 1.72 bits per heavy atom. The Morgan fingerprint density at radius 1 is 1.17 bits per heavy atom. The Morgan fingerprint density at radius 3 is 2.17 bits per heavy atom. The van der Waals surface area contributed by atoms with Crippen LogP contribution in [0.15, 0.2) is 0 Å². The predicted octanol–water partition coefficient (Wildman–Crippen LogP) is -0.378. The summed E-state index contributed by atoms with van der Waals surface area (Å²) in [4.78, 5) is 33.0. The molecule has 7 nitrogen and oxygen atoms in total. The second kappa shape index (κ2) is 7.78. The summed E-state index contributed by atoms with van der Waals surface area (Å²) in [5.41, 5.74) is 10.7. The monoisotopic (exact) mass is 260 g/mol. The fourth-order valence-electron chi connectivity index (χ4n) is 1.24. The molecule has 0 aromatic rings. The molecule has 0 aliphatic heterocycles. The van der Waals surface area contributed by atoms with Gasteiger partial charge in [0.1, 0.15) is 12.1 Å². The first-order chi connectivity index (χ1) is 8.23. The van der Waals surface area contributed by atoms with Gasteiger partial charge in [-0.3, -0.25) is 9.59 Å². The highest BCUT2D eigenvalue weighted by Gasteiger charge is 2.21. The van der Waals surface area contributed by atoms with Crippen LogP contribution < -0.4 is 11.5 Å². The number of rotatable bonds is 7. The summed E-state index contributed by atoms with van der Waals surface area (Å²) in [5.74, 6) is -2.60. The molecule has 0 bridgehead atoms. The van der Waals surface area contributed by atoms with E-state index in [1.54, 1.807) is 0 Å². The summed E-state index contributed by atoms with van der Waals surface area (Å²) in [6.07, 6.45) is 0.106. The molecule has 18 heavy (non-hydrogen) atoms. The molecule has 7 heteroatoms. The highest BCUT2D eigenvalue weighted by molar-refractivity contribution is 5.88. The number of carboxylic acids is 1. The van der Waals surface area contributed by atoms with E-state index in [9.17, 15) is 14.4 Å². The number of carboxylic acid groups (broad SMARTS) is 1. The number of carbonyl (C=O) groups is 3. The number of hydrogen-bond donors (Lipinski definition) is 3. The van der Waals surface area contributed by atoms with Gasteiger partial charge in [0.05, 0.1) is 0 Å². The molecule has 0 heterocycles. The largest absolute Gasteiger partial charge is 0.480 e. The lowest BCUT2D eigenvalue weighted by Crippen LogP contribution is -2.35. The van der Waals surface area contributed by atoms with Crippen LogP contribution in [0.1, 0.15) is 33.1 Å². The van der Waals surface area contributed by atoms with E-state index in [4.69, 9.17) is 16.6 Å². The SMILES string of the molecule is CC(C)C[C@H](N)C(=O)OC(=O)CC[C@H](N)C(=O)O. The molecule has 0 aromatic heterocycles. The normalized spacial score (nSPS) is 14.1. The van der Waals surface area contributed by atoms with Crippen molar-refractivity contribution < 1.29 is 24.2 Å². The van der Waals surface area contributed by atoms with Gasteiger partial charge in [0.15, 0.2) is 0 Å². The van der Waals surface area contributed by atoms with Crippen molar-refractivity contribution in [3.8, 4) is 0 Å². The van der Waals surface area contributed by atoms with Gasteiger partial charge in [0.2, 0.25) is 0 Å². The molecular weight excluding hydrogens is 240 g/mol. The molecule has 0 saturated heterocycles. The summed E-state index contributed by atoms with van der Waals surface area (Å²) in [5, 5.41) is 8.50. The van der Waals surface area contributed by atoms with E-state index in [0.717, 1.165) is 0 Å². The number of ether oxygens (including phenoxy) is 1. The van der Waals surface area contributed by atoms with Crippen LogP contribution in [0.25, 0.3) is 0 Å². The molecule has 0 aliphatic carbocycles. The van der Waals surface area contributed by atoms with Gasteiger partial charge in [0.25, 0.3) is 0 Å². The van der Waals surface area contributed by atoms with Gasteiger partial charge in [-0.1, -0.05) is 13.8 Å². The van der Waals surface area contributed by atoms with Gasteiger partial charge in [-0.2, -0.15) is 0 Å². The minimum Gasteiger partial charge on any atom is -0.480 e. The van der Waals surface area contributed by atoms with Crippen molar-refractivity contribution in [2.75, 3.05) is 0 Å². The summed E-state index contributed by atoms with van der Waals surface area (Å²) in [7, 11) is 0. The molecule has 0 unspecified atom stereocenters. The maximum atomic E-state index is 11.4. The zero-order valence-electron chi connectivity index (χ0n) is 10.6. The highest BCUT2D eigenvalue weighted by atomic mass is 16.6. The Kier molecular flexibility index (Phi) is 7.14. The van der Waals surface area contributed by atoms with E-state index in [0.29, 0.717) is 6.42 Å². The second-order valence-electron chi connectivity index (χ2n) is 4.51. The molecule has 0 aromatic carbocycles. The molecule has 0 spiro atoms. The molecule has 0 fully saturated rings. The summed E-state index contributed by atoms with van der Waals surface area (Å²) >= 11 is 0. The summed E-state index contributed by atoms with van der Waals surface area (Å²) in [6, 6.07) is -1.99. The number of aliphatic carboxylic acids is 1. The summed E-state index contributed by atoms with van der Waals surface area (Å²) in [6.45, 7) is 3.78. The molecular formula is C11H20N2O5. The van der Waals surface area contributed by atoms with Crippen molar-refractivity contribution in [1.82, 2.24) is 0 Å². The van der Waals surface area contributed by atoms with Gasteiger partial charge in [-0.15, -0.1) is 0 Å². The fourth-order valence-corrected chi connectivity index (χ4v) is 1.24. The average molecular weight is 260 g/mol. The van der Waals surface area contributed by atoms with Crippen LogP contribution in [0, 0.1) is 5.92 Å². The molecule has 0 amide bonds. The van der Waals surface area contributed by atoms with E-state index in [1.807, 2.05) is 13.8 Å². The van der Waals surface area contributed by atoms with Crippen molar-refractivity contribution in [3.05, 3.63) is 0 Å². The highest BCUT2D eigenvalue weighted by Crippen LogP contribution is 2.05. The van der Waals surface area contributed by atoms with Gasteiger partial charge < -0.3 is 21.3 Å². The lowest BCUT2D eigenvalue weighted by atomic mass is 10.1.